The summed E-state index contributed by atoms with van der Waals surface area (Å²) in [7, 11) is 3.04. The van der Waals surface area contributed by atoms with E-state index in [0.717, 1.165) is 11.1 Å². The van der Waals surface area contributed by atoms with Crippen LogP contribution in [0.2, 0.25) is 0 Å². The van der Waals surface area contributed by atoms with Gasteiger partial charge in [-0.25, -0.2) is 4.79 Å². The van der Waals surface area contributed by atoms with E-state index in [4.69, 9.17) is 14.2 Å². The predicted molar refractivity (Wildman–Crippen MR) is 99.0 cm³/mol. The van der Waals surface area contributed by atoms with E-state index in [2.05, 4.69) is 5.32 Å². The maximum atomic E-state index is 12.3. The highest BCUT2D eigenvalue weighted by Crippen LogP contribution is 2.29. The zero-order valence-electron chi connectivity index (χ0n) is 15.6. The second-order valence-corrected chi connectivity index (χ2v) is 5.85. The lowest BCUT2D eigenvalue weighted by Crippen LogP contribution is -2.30. The monoisotopic (exact) mass is 357 g/mol. The number of amides is 1. The Kier molecular flexibility index (Phi) is 6.22. The highest BCUT2D eigenvalue weighted by molar-refractivity contribution is 5.98. The van der Waals surface area contributed by atoms with Crippen LogP contribution in [0.1, 0.15) is 28.4 Å². The van der Waals surface area contributed by atoms with Gasteiger partial charge in [0.15, 0.2) is 17.6 Å². The van der Waals surface area contributed by atoms with E-state index in [0.29, 0.717) is 22.7 Å². The number of esters is 1. The fourth-order valence-electron chi connectivity index (χ4n) is 2.41. The molecule has 0 bridgehead atoms. The average Bonchev–Trinajstić information content (AvgIpc) is 2.63. The number of nitrogens with one attached hydrogen (secondary N) is 1. The Bertz CT molecular complexity index is 816. The van der Waals surface area contributed by atoms with E-state index in [1.807, 2.05) is 19.9 Å². The molecule has 0 fully saturated rings. The van der Waals surface area contributed by atoms with E-state index >= 15 is 0 Å². The van der Waals surface area contributed by atoms with Crippen LogP contribution in [-0.2, 0) is 9.53 Å². The molecule has 1 N–H and O–H groups in total. The van der Waals surface area contributed by atoms with Gasteiger partial charge in [0, 0.05) is 11.8 Å². The molecule has 138 valence electrons. The van der Waals surface area contributed by atoms with Gasteiger partial charge < -0.3 is 19.5 Å². The van der Waals surface area contributed by atoms with Crippen molar-refractivity contribution >= 4 is 17.6 Å². The third-order valence-electron chi connectivity index (χ3n) is 4.13. The summed E-state index contributed by atoms with van der Waals surface area (Å²) in [6.07, 6.45) is -0.949. The number of carbonyl (C=O) groups excluding carboxylic acids is 2. The second-order valence-electron chi connectivity index (χ2n) is 5.85. The number of ether oxygens (including phenoxy) is 3. The molecule has 1 amide bonds. The van der Waals surface area contributed by atoms with E-state index < -0.39 is 18.0 Å². The van der Waals surface area contributed by atoms with Crippen LogP contribution >= 0.6 is 0 Å². The number of hydrogen-bond donors (Lipinski definition) is 1. The maximum absolute atomic E-state index is 12.3. The summed E-state index contributed by atoms with van der Waals surface area (Å²) in [5.74, 6) is 0.0854. The van der Waals surface area contributed by atoms with Crippen molar-refractivity contribution in [1.82, 2.24) is 0 Å². The van der Waals surface area contributed by atoms with Crippen LogP contribution in [0.15, 0.2) is 36.4 Å². The minimum absolute atomic E-state index is 0.434. The van der Waals surface area contributed by atoms with Crippen molar-refractivity contribution in [2.45, 2.75) is 26.9 Å². The highest BCUT2D eigenvalue weighted by atomic mass is 16.5. The van der Waals surface area contributed by atoms with Gasteiger partial charge in [-0.2, -0.15) is 0 Å². The number of anilines is 1. The van der Waals surface area contributed by atoms with Crippen LogP contribution in [-0.4, -0.2) is 32.2 Å². The molecule has 2 aromatic carbocycles. The zero-order chi connectivity index (χ0) is 19.3. The van der Waals surface area contributed by atoms with Gasteiger partial charge >= 0.3 is 5.97 Å². The molecule has 0 heterocycles. The van der Waals surface area contributed by atoms with Crippen molar-refractivity contribution in [2.75, 3.05) is 19.5 Å². The van der Waals surface area contributed by atoms with Crippen LogP contribution in [0.5, 0.6) is 11.5 Å². The smallest absolute Gasteiger partial charge is 0.339 e. The van der Waals surface area contributed by atoms with Crippen molar-refractivity contribution in [2.24, 2.45) is 0 Å². The van der Waals surface area contributed by atoms with Gasteiger partial charge in [0.1, 0.15) is 0 Å². The van der Waals surface area contributed by atoms with Crippen LogP contribution in [0.25, 0.3) is 0 Å². The van der Waals surface area contributed by atoms with E-state index in [-0.39, 0.29) is 0 Å². The predicted octanol–water partition coefficient (Wildman–Crippen LogP) is 3.50. The molecule has 0 aliphatic carbocycles. The number of rotatable bonds is 6. The molecular weight excluding hydrogens is 334 g/mol. The molecule has 0 saturated heterocycles. The number of aryl methyl sites for hydroxylation is 1. The van der Waals surface area contributed by atoms with Gasteiger partial charge in [-0.15, -0.1) is 0 Å². The molecule has 0 aromatic heterocycles. The van der Waals surface area contributed by atoms with Gasteiger partial charge in [-0.3, -0.25) is 4.79 Å². The van der Waals surface area contributed by atoms with Crippen LogP contribution < -0.4 is 14.8 Å². The quantitative estimate of drug-likeness (QED) is 0.801. The molecule has 0 aliphatic rings. The summed E-state index contributed by atoms with van der Waals surface area (Å²) in [6.45, 7) is 5.29. The fourth-order valence-corrected chi connectivity index (χ4v) is 2.41. The molecule has 0 saturated carbocycles. The molecule has 2 rings (SSSR count). The Hall–Kier alpha value is -3.02. The Balaban J connectivity index is 2.05. The van der Waals surface area contributed by atoms with Gasteiger partial charge in [0.05, 0.1) is 19.8 Å². The van der Waals surface area contributed by atoms with Crippen molar-refractivity contribution < 1.29 is 23.8 Å². The van der Waals surface area contributed by atoms with Gasteiger partial charge in [-0.1, -0.05) is 12.1 Å². The molecule has 1 atom stereocenters. The Labute approximate surface area is 153 Å². The number of hydrogen-bond acceptors (Lipinski definition) is 5. The molecule has 6 heteroatoms. The molecule has 26 heavy (non-hydrogen) atoms. The van der Waals surface area contributed by atoms with Crippen molar-refractivity contribution in [3.8, 4) is 11.5 Å². The molecule has 1 unspecified atom stereocenters. The first-order chi connectivity index (χ1) is 12.4. The van der Waals surface area contributed by atoms with E-state index in [1.165, 1.54) is 21.1 Å². The third-order valence-corrected chi connectivity index (χ3v) is 4.13. The second kappa shape index (κ2) is 8.38. The lowest BCUT2D eigenvalue weighted by Gasteiger charge is -2.16. The standard InChI is InChI=1S/C20H23NO5/c1-12-7-6-8-16(13(12)2)20(23)26-14(3)19(22)21-15-9-10-17(24-4)18(11-15)25-5/h6-11,14H,1-5H3,(H,21,22). The van der Waals surface area contributed by atoms with Gasteiger partial charge in [0.25, 0.3) is 5.91 Å². The highest BCUT2D eigenvalue weighted by Gasteiger charge is 2.21. The molecule has 0 spiro atoms. The van der Waals surface area contributed by atoms with Crippen LogP contribution in [0.4, 0.5) is 5.69 Å². The third kappa shape index (κ3) is 4.33. The first kappa shape index (κ1) is 19.3. The summed E-state index contributed by atoms with van der Waals surface area (Å²) in [5, 5.41) is 2.70. The number of methoxy groups -OCH3 is 2. The Morgan fingerprint density at radius 1 is 1.00 bits per heavy atom. The average molecular weight is 357 g/mol. The molecule has 6 nitrogen and oxygen atoms in total. The largest absolute Gasteiger partial charge is 0.493 e. The minimum atomic E-state index is -0.949. The molecule has 0 radical (unpaired) electrons. The van der Waals surface area contributed by atoms with Crippen LogP contribution in [0, 0.1) is 13.8 Å². The van der Waals surface area contributed by atoms with Crippen molar-refractivity contribution in [3.05, 3.63) is 53.1 Å². The summed E-state index contributed by atoms with van der Waals surface area (Å²) >= 11 is 0. The Morgan fingerprint density at radius 3 is 2.35 bits per heavy atom. The molecular formula is C20H23NO5. The van der Waals surface area contributed by atoms with Crippen molar-refractivity contribution in [3.63, 3.8) is 0 Å². The lowest BCUT2D eigenvalue weighted by atomic mass is 10.0. The zero-order valence-corrected chi connectivity index (χ0v) is 15.6. The lowest BCUT2D eigenvalue weighted by molar-refractivity contribution is -0.123. The normalized spacial score (nSPS) is 11.4. The summed E-state index contributed by atoms with van der Waals surface area (Å²) in [5.41, 5.74) is 2.80. The SMILES string of the molecule is COc1ccc(NC(=O)C(C)OC(=O)c2cccc(C)c2C)cc1OC. The Morgan fingerprint density at radius 2 is 1.69 bits per heavy atom. The summed E-state index contributed by atoms with van der Waals surface area (Å²) in [4.78, 5) is 24.7. The first-order valence-corrected chi connectivity index (χ1v) is 8.17. The topological polar surface area (TPSA) is 73.9 Å². The van der Waals surface area contributed by atoms with Gasteiger partial charge in [-0.05, 0) is 50.1 Å². The summed E-state index contributed by atoms with van der Waals surface area (Å²) in [6, 6.07) is 10.4. The maximum Gasteiger partial charge on any atom is 0.339 e. The van der Waals surface area contributed by atoms with Gasteiger partial charge in [0.2, 0.25) is 0 Å². The van der Waals surface area contributed by atoms with Crippen LogP contribution in [0.3, 0.4) is 0 Å². The van der Waals surface area contributed by atoms with E-state index in [9.17, 15) is 9.59 Å². The van der Waals surface area contributed by atoms with E-state index in [1.54, 1.807) is 30.3 Å². The summed E-state index contributed by atoms with van der Waals surface area (Å²) < 4.78 is 15.7. The number of carbonyl (C=O) groups is 2. The fraction of sp³-hybridized carbons (Fsp3) is 0.300. The minimum Gasteiger partial charge on any atom is -0.493 e. The number of benzene rings is 2. The first-order valence-electron chi connectivity index (χ1n) is 8.17. The molecule has 0 aliphatic heterocycles. The van der Waals surface area contributed by atoms with Crippen molar-refractivity contribution in [1.29, 1.82) is 0 Å². The molecule has 2 aromatic rings.